The number of nitrogens with zero attached hydrogens (tertiary/aromatic N) is 2. The van der Waals surface area contributed by atoms with E-state index in [9.17, 15) is 9.18 Å². The zero-order chi connectivity index (χ0) is 16.4. The van der Waals surface area contributed by atoms with Crippen molar-refractivity contribution in [3.05, 3.63) is 47.8 Å². The van der Waals surface area contributed by atoms with Crippen molar-refractivity contribution in [3.8, 4) is 0 Å². The topological polar surface area (TPSA) is 59.0 Å². The molecule has 5 nitrogen and oxygen atoms in total. The Morgan fingerprint density at radius 1 is 1.48 bits per heavy atom. The first-order valence-electron chi connectivity index (χ1n) is 7.81. The third kappa shape index (κ3) is 3.76. The van der Waals surface area contributed by atoms with Crippen LogP contribution >= 0.6 is 0 Å². The minimum atomic E-state index is -0.424. The summed E-state index contributed by atoms with van der Waals surface area (Å²) in [7, 11) is 1.95. The summed E-state index contributed by atoms with van der Waals surface area (Å²) in [5.74, 6) is 0.766. The van der Waals surface area contributed by atoms with Crippen LogP contribution in [0.3, 0.4) is 0 Å². The number of aromatic nitrogens is 2. The van der Waals surface area contributed by atoms with E-state index in [2.05, 4.69) is 15.6 Å². The molecule has 1 heterocycles. The van der Waals surface area contributed by atoms with Crippen molar-refractivity contribution in [1.29, 1.82) is 0 Å². The number of imidazole rings is 1. The van der Waals surface area contributed by atoms with Crippen molar-refractivity contribution >= 4 is 11.6 Å². The third-order valence-corrected chi connectivity index (χ3v) is 4.11. The van der Waals surface area contributed by atoms with E-state index in [1.54, 1.807) is 18.3 Å². The number of hydrogen-bond donors (Lipinski definition) is 2. The number of aryl methyl sites for hydroxylation is 2. The number of anilines is 1. The van der Waals surface area contributed by atoms with Gasteiger partial charge in [-0.1, -0.05) is 6.07 Å². The zero-order valence-electron chi connectivity index (χ0n) is 13.3. The molecule has 1 amide bonds. The molecule has 1 aliphatic rings. The van der Waals surface area contributed by atoms with Gasteiger partial charge in [0, 0.05) is 19.4 Å². The van der Waals surface area contributed by atoms with Gasteiger partial charge in [-0.25, -0.2) is 9.37 Å². The van der Waals surface area contributed by atoms with Crippen LogP contribution in [0.5, 0.6) is 0 Å². The zero-order valence-corrected chi connectivity index (χ0v) is 13.3. The number of hydrogen-bond acceptors (Lipinski definition) is 3. The van der Waals surface area contributed by atoms with Crippen LogP contribution in [0.4, 0.5) is 10.1 Å². The number of halogens is 1. The Kier molecular flexibility index (Phi) is 4.43. The maximum Gasteiger partial charge on any atom is 0.238 e. The number of nitrogens with one attached hydrogen (secondary N) is 2. The largest absolute Gasteiger partial charge is 0.337 e. The highest BCUT2D eigenvalue weighted by Gasteiger charge is 2.34. The molecule has 1 aromatic carbocycles. The number of benzene rings is 1. The van der Waals surface area contributed by atoms with Crippen LogP contribution in [0.15, 0.2) is 30.6 Å². The molecule has 0 saturated heterocycles. The van der Waals surface area contributed by atoms with Gasteiger partial charge < -0.3 is 9.88 Å². The lowest BCUT2D eigenvalue weighted by Crippen LogP contribution is -2.33. The molecular formula is C17H21FN4O. The molecule has 0 aliphatic heterocycles. The molecule has 3 rings (SSSR count). The predicted molar refractivity (Wildman–Crippen MR) is 86.4 cm³/mol. The molecule has 1 saturated carbocycles. The first kappa shape index (κ1) is 15.7. The normalized spacial score (nSPS) is 15.4. The van der Waals surface area contributed by atoms with E-state index in [0.29, 0.717) is 5.92 Å². The van der Waals surface area contributed by atoms with Gasteiger partial charge in [-0.3, -0.25) is 10.1 Å². The highest BCUT2D eigenvalue weighted by atomic mass is 19.1. The van der Waals surface area contributed by atoms with E-state index >= 15 is 0 Å². The minimum absolute atomic E-state index is 0.0584. The maximum absolute atomic E-state index is 13.7. The van der Waals surface area contributed by atoms with Crippen LogP contribution in [-0.4, -0.2) is 22.0 Å². The summed E-state index contributed by atoms with van der Waals surface area (Å²) >= 11 is 0. The van der Waals surface area contributed by atoms with Crippen LogP contribution in [0.25, 0.3) is 0 Å². The van der Waals surface area contributed by atoms with E-state index < -0.39 is 5.82 Å². The molecule has 1 fully saturated rings. The molecule has 6 heteroatoms. The highest BCUT2D eigenvalue weighted by molar-refractivity contribution is 5.92. The summed E-state index contributed by atoms with van der Waals surface area (Å²) in [6.07, 6.45) is 5.93. The number of carbonyl (C=O) groups excluding carboxylic acids is 1. The van der Waals surface area contributed by atoms with Gasteiger partial charge in [-0.05, 0) is 43.4 Å². The van der Waals surface area contributed by atoms with Crippen molar-refractivity contribution in [3.63, 3.8) is 0 Å². The fourth-order valence-electron chi connectivity index (χ4n) is 2.71. The summed E-state index contributed by atoms with van der Waals surface area (Å²) in [6.45, 7) is 1.99. The average Bonchev–Trinajstić information content (AvgIpc) is 3.26. The van der Waals surface area contributed by atoms with Crippen LogP contribution < -0.4 is 10.6 Å². The summed E-state index contributed by atoms with van der Waals surface area (Å²) in [5, 5.41) is 5.88. The Hall–Kier alpha value is -2.21. The highest BCUT2D eigenvalue weighted by Crippen LogP contribution is 2.40. The van der Waals surface area contributed by atoms with Gasteiger partial charge in [0.25, 0.3) is 0 Å². The van der Waals surface area contributed by atoms with Crippen molar-refractivity contribution in [2.45, 2.75) is 25.8 Å². The molecule has 1 atom stereocenters. The number of rotatable bonds is 6. The summed E-state index contributed by atoms with van der Waals surface area (Å²) < 4.78 is 15.7. The summed E-state index contributed by atoms with van der Waals surface area (Å²) in [5.41, 5.74) is 1.12. The van der Waals surface area contributed by atoms with Crippen LogP contribution in [-0.2, 0) is 11.8 Å². The van der Waals surface area contributed by atoms with Crippen LogP contribution in [0, 0.1) is 18.7 Å². The quantitative estimate of drug-likeness (QED) is 0.861. The smallest absolute Gasteiger partial charge is 0.238 e. The molecule has 0 radical (unpaired) electrons. The molecule has 2 N–H and O–H groups in total. The van der Waals surface area contributed by atoms with Crippen LogP contribution in [0.1, 0.15) is 30.3 Å². The van der Waals surface area contributed by atoms with E-state index in [4.69, 9.17) is 0 Å². The molecular weight excluding hydrogens is 295 g/mol. The van der Waals surface area contributed by atoms with Gasteiger partial charge in [0.05, 0.1) is 18.3 Å². The molecule has 23 heavy (non-hydrogen) atoms. The predicted octanol–water partition coefficient (Wildman–Crippen LogP) is 2.55. The monoisotopic (exact) mass is 316 g/mol. The standard InChI is InChI=1S/C17H21FN4O/c1-11-3-6-13(18)14(9-11)21-15(23)10-20-16(12-4-5-12)17-19-7-8-22(17)2/h3,6-9,12,16,20H,4-5,10H2,1-2H3,(H,21,23)/t16-/m1/s1. The van der Waals surface area contributed by atoms with Gasteiger partial charge in [-0.15, -0.1) is 0 Å². The van der Waals surface area contributed by atoms with Gasteiger partial charge >= 0.3 is 0 Å². The van der Waals surface area contributed by atoms with E-state index in [1.807, 2.05) is 24.7 Å². The Labute approximate surface area is 134 Å². The van der Waals surface area contributed by atoms with Gasteiger partial charge in [0.15, 0.2) is 0 Å². The fourth-order valence-corrected chi connectivity index (χ4v) is 2.71. The second-order valence-electron chi connectivity index (χ2n) is 6.12. The van der Waals surface area contributed by atoms with Crippen molar-refractivity contribution < 1.29 is 9.18 Å². The summed E-state index contributed by atoms with van der Waals surface area (Å²) in [6, 6.07) is 4.72. The Balaban J connectivity index is 1.61. The maximum atomic E-state index is 13.7. The Morgan fingerprint density at radius 2 is 2.26 bits per heavy atom. The van der Waals surface area contributed by atoms with Crippen molar-refractivity contribution in [2.24, 2.45) is 13.0 Å². The minimum Gasteiger partial charge on any atom is -0.337 e. The van der Waals surface area contributed by atoms with E-state index in [0.717, 1.165) is 24.2 Å². The van der Waals surface area contributed by atoms with Crippen molar-refractivity contribution in [1.82, 2.24) is 14.9 Å². The molecule has 122 valence electrons. The average molecular weight is 316 g/mol. The van der Waals surface area contributed by atoms with Gasteiger partial charge in [0.2, 0.25) is 5.91 Å². The Morgan fingerprint density at radius 3 is 2.91 bits per heavy atom. The second-order valence-corrected chi connectivity index (χ2v) is 6.12. The molecule has 2 aromatic rings. The third-order valence-electron chi connectivity index (χ3n) is 4.11. The molecule has 1 aliphatic carbocycles. The van der Waals surface area contributed by atoms with Gasteiger partial charge in [-0.2, -0.15) is 0 Å². The number of carbonyl (C=O) groups is 1. The molecule has 0 spiro atoms. The lowest BCUT2D eigenvalue weighted by molar-refractivity contribution is -0.115. The first-order chi connectivity index (χ1) is 11.0. The number of amides is 1. The van der Waals surface area contributed by atoms with Gasteiger partial charge in [0.1, 0.15) is 11.6 Å². The molecule has 0 bridgehead atoms. The van der Waals surface area contributed by atoms with Crippen LogP contribution in [0.2, 0.25) is 0 Å². The SMILES string of the molecule is Cc1ccc(F)c(NC(=O)CN[C@@H](c2nccn2C)C2CC2)c1. The lowest BCUT2D eigenvalue weighted by Gasteiger charge is -2.18. The Bertz CT molecular complexity index is 708. The molecule has 1 aromatic heterocycles. The molecule has 0 unspecified atom stereocenters. The summed E-state index contributed by atoms with van der Waals surface area (Å²) in [4.78, 5) is 16.5. The fraction of sp³-hybridized carbons (Fsp3) is 0.412. The second kappa shape index (κ2) is 6.50. The van der Waals surface area contributed by atoms with Crippen molar-refractivity contribution in [2.75, 3.05) is 11.9 Å². The van der Waals surface area contributed by atoms with E-state index in [1.165, 1.54) is 6.07 Å². The lowest BCUT2D eigenvalue weighted by atomic mass is 10.1. The van der Waals surface area contributed by atoms with E-state index in [-0.39, 0.29) is 24.2 Å². The first-order valence-corrected chi connectivity index (χ1v) is 7.81.